The van der Waals surface area contributed by atoms with Gasteiger partial charge in [-0.05, 0) is 0 Å². The van der Waals surface area contributed by atoms with Gasteiger partial charge in [-0.15, -0.1) is 13.2 Å². The molecule has 1 rings (SSSR count). The zero-order chi connectivity index (χ0) is 14.8. The van der Waals surface area contributed by atoms with E-state index in [2.05, 4.69) is 9.72 Å². The Balaban J connectivity index is 3.46. The van der Waals surface area contributed by atoms with Gasteiger partial charge >= 0.3 is 17.9 Å². The molecule has 0 N–H and O–H groups in total. The Bertz CT molecular complexity index is 552. The minimum Gasteiger partial charge on any atom is -0.381 e. The number of pyridine rings is 1. The highest BCUT2D eigenvalue weighted by molar-refractivity contribution is 5.49. The van der Waals surface area contributed by atoms with Crippen molar-refractivity contribution in [1.29, 1.82) is 5.26 Å². The van der Waals surface area contributed by atoms with Crippen LogP contribution >= 0.6 is 0 Å². The third kappa shape index (κ3) is 3.47. The number of hydrogen-bond donors (Lipinski definition) is 0. The smallest absolute Gasteiger partial charge is 0.381 e. The third-order valence-electron chi connectivity index (χ3n) is 1.75. The second kappa shape index (κ2) is 5.01. The van der Waals surface area contributed by atoms with Crippen LogP contribution in [0.4, 0.5) is 27.6 Å². The van der Waals surface area contributed by atoms with Gasteiger partial charge in [0.1, 0.15) is 6.07 Å². The molecule has 0 saturated heterocycles. The van der Waals surface area contributed by atoms with Gasteiger partial charge in [0, 0.05) is 6.07 Å². The van der Waals surface area contributed by atoms with Gasteiger partial charge in [-0.1, -0.05) is 0 Å². The molecule has 0 radical (unpaired) electrons. The fraction of sp³-hybridized carbons (Fsp3) is 0.250. The van der Waals surface area contributed by atoms with E-state index in [9.17, 15) is 32.1 Å². The number of halogens is 5. The molecule has 1 aromatic rings. The molecule has 6 nitrogen and oxygen atoms in total. The lowest BCUT2D eigenvalue weighted by Gasteiger charge is -2.09. The van der Waals surface area contributed by atoms with Crippen molar-refractivity contribution in [3.05, 3.63) is 27.4 Å². The van der Waals surface area contributed by atoms with Crippen LogP contribution in [0.5, 0.6) is 5.88 Å². The minimum atomic E-state index is -5.31. The van der Waals surface area contributed by atoms with Gasteiger partial charge in [0.25, 0.3) is 6.43 Å². The SMILES string of the molecule is N#Cc1nc(OC(F)(F)F)c([N+](=O)[O-])cc1C(F)F. The average Bonchev–Trinajstić information content (AvgIpc) is 2.25. The van der Waals surface area contributed by atoms with Crippen LogP contribution in [0.1, 0.15) is 17.7 Å². The van der Waals surface area contributed by atoms with Gasteiger partial charge in [-0.25, -0.2) is 8.78 Å². The topological polar surface area (TPSA) is 89.0 Å². The molecule has 0 aliphatic heterocycles. The lowest BCUT2D eigenvalue weighted by atomic mass is 10.2. The summed E-state index contributed by atoms with van der Waals surface area (Å²) in [6.45, 7) is 0. The molecule has 0 bridgehead atoms. The molecule has 1 aromatic heterocycles. The zero-order valence-corrected chi connectivity index (χ0v) is 8.61. The van der Waals surface area contributed by atoms with Crippen LogP contribution in [-0.2, 0) is 0 Å². The quantitative estimate of drug-likeness (QED) is 0.483. The van der Waals surface area contributed by atoms with E-state index in [1.54, 1.807) is 0 Å². The van der Waals surface area contributed by atoms with Crippen molar-refractivity contribution in [1.82, 2.24) is 4.98 Å². The standard InChI is InChI=1S/C8H2F5N3O3/c9-6(10)3-1-5(16(17)18)7(15-4(3)2-14)19-8(11,12)13/h1,6H. The predicted octanol–water partition coefficient (Wildman–Crippen LogP) is 2.70. The Kier molecular flexibility index (Phi) is 3.83. The summed E-state index contributed by atoms with van der Waals surface area (Å²) in [7, 11) is 0. The summed E-state index contributed by atoms with van der Waals surface area (Å²) in [6, 6.07) is 1.23. The van der Waals surface area contributed by atoms with Gasteiger partial charge in [0.2, 0.25) is 0 Å². The van der Waals surface area contributed by atoms with Gasteiger partial charge in [-0.2, -0.15) is 10.2 Å². The van der Waals surface area contributed by atoms with E-state index in [0.29, 0.717) is 0 Å². The molecule has 0 aliphatic rings. The number of aromatic nitrogens is 1. The highest BCUT2D eigenvalue weighted by atomic mass is 19.4. The van der Waals surface area contributed by atoms with E-state index in [1.807, 2.05) is 0 Å². The molecule has 0 saturated carbocycles. The van der Waals surface area contributed by atoms with Crippen molar-refractivity contribution < 1.29 is 31.6 Å². The number of ether oxygens (including phenoxy) is 1. The third-order valence-corrected chi connectivity index (χ3v) is 1.75. The number of nitro groups is 1. The molecule has 0 unspecified atom stereocenters. The highest BCUT2D eigenvalue weighted by Gasteiger charge is 2.37. The Morgan fingerprint density at radius 2 is 2.05 bits per heavy atom. The van der Waals surface area contributed by atoms with Crippen LogP contribution < -0.4 is 4.74 Å². The lowest BCUT2D eigenvalue weighted by molar-refractivity contribution is -0.389. The maximum Gasteiger partial charge on any atom is 0.574 e. The normalized spacial score (nSPS) is 11.2. The van der Waals surface area contributed by atoms with Gasteiger partial charge in [0.05, 0.1) is 10.5 Å². The van der Waals surface area contributed by atoms with Crippen LogP contribution in [0, 0.1) is 21.4 Å². The van der Waals surface area contributed by atoms with Gasteiger partial charge in [-0.3, -0.25) is 10.1 Å². The second-order valence-electron chi connectivity index (χ2n) is 2.97. The molecule has 0 aliphatic carbocycles. The maximum atomic E-state index is 12.5. The Hall–Kier alpha value is -2.51. The first-order valence-corrected chi connectivity index (χ1v) is 4.29. The van der Waals surface area contributed by atoms with Gasteiger partial charge < -0.3 is 4.74 Å². The molecule has 19 heavy (non-hydrogen) atoms. The van der Waals surface area contributed by atoms with Crippen LogP contribution in [0.25, 0.3) is 0 Å². The molecular formula is C8H2F5N3O3. The molecule has 102 valence electrons. The lowest BCUT2D eigenvalue weighted by Crippen LogP contribution is -2.19. The summed E-state index contributed by atoms with van der Waals surface area (Å²) < 4.78 is 64.0. The largest absolute Gasteiger partial charge is 0.574 e. The summed E-state index contributed by atoms with van der Waals surface area (Å²) in [5, 5.41) is 18.9. The molecule has 0 fully saturated rings. The average molecular weight is 283 g/mol. The van der Waals surface area contributed by atoms with Crippen molar-refractivity contribution in [2.24, 2.45) is 0 Å². The summed E-state index contributed by atoms with van der Waals surface area (Å²) in [5.41, 5.74) is -3.64. The molecule has 0 amide bonds. The summed E-state index contributed by atoms with van der Waals surface area (Å²) in [4.78, 5) is 11.9. The minimum absolute atomic E-state index is 0.122. The zero-order valence-electron chi connectivity index (χ0n) is 8.61. The molecule has 1 heterocycles. The molecule has 0 atom stereocenters. The van der Waals surface area contributed by atoms with Crippen molar-refractivity contribution in [3.63, 3.8) is 0 Å². The van der Waals surface area contributed by atoms with Crippen molar-refractivity contribution >= 4 is 5.69 Å². The van der Waals surface area contributed by atoms with E-state index < -0.39 is 40.5 Å². The molecule has 0 aromatic carbocycles. The number of rotatable bonds is 3. The fourth-order valence-electron chi connectivity index (χ4n) is 1.07. The van der Waals surface area contributed by atoms with Crippen molar-refractivity contribution in [2.45, 2.75) is 12.8 Å². The van der Waals surface area contributed by atoms with Crippen LogP contribution in [0.2, 0.25) is 0 Å². The van der Waals surface area contributed by atoms with E-state index in [-0.39, 0.29) is 6.07 Å². The number of alkyl halides is 5. The first kappa shape index (κ1) is 14.6. The number of hydrogen-bond acceptors (Lipinski definition) is 5. The first-order valence-electron chi connectivity index (χ1n) is 4.29. The van der Waals surface area contributed by atoms with Gasteiger partial charge in [0.15, 0.2) is 5.69 Å². The van der Waals surface area contributed by atoms with Crippen molar-refractivity contribution in [2.75, 3.05) is 0 Å². The predicted molar refractivity (Wildman–Crippen MR) is 47.2 cm³/mol. The van der Waals surface area contributed by atoms with E-state index in [1.165, 1.54) is 0 Å². The Morgan fingerprint density at radius 1 is 1.47 bits per heavy atom. The summed E-state index contributed by atoms with van der Waals surface area (Å²) in [5.74, 6) is -1.57. The molecule has 11 heteroatoms. The molecular weight excluding hydrogens is 281 g/mol. The fourth-order valence-corrected chi connectivity index (χ4v) is 1.07. The van der Waals surface area contributed by atoms with Crippen LogP contribution in [-0.4, -0.2) is 16.3 Å². The number of nitriles is 1. The Morgan fingerprint density at radius 3 is 2.42 bits per heavy atom. The van der Waals surface area contributed by atoms with E-state index in [4.69, 9.17) is 5.26 Å². The molecule has 0 spiro atoms. The number of nitrogens with zero attached hydrogens (tertiary/aromatic N) is 3. The highest BCUT2D eigenvalue weighted by Crippen LogP contribution is 2.34. The second-order valence-corrected chi connectivity index (χ2v) is 2.97. The summed E-state index contributed by atoms with van der Waals surface area (Å²) in [6.07, 6.45) is -8.61. The van der Waals surface area contributed by atoms with Crippen LogP contribution in [0.3, 0.4) is 0 Å². The Labute approximate surface area is 101 Å². The van der Waals surface area contributed by atoms with Crippen molar-refractivity contribution in [3.8, 4) is 11.9 Å². The summed E-state index contributed by atoms with van der Waals surface area (Å²) >= 11 is 0. The monoisotopic (exact) mass is 283 g/mol. The van der Waals surface area contributed by atoms with E-state index >= 15 is 0 Å². The van der Waals surface area contributed by atoms with Crippen LogP contribution in [0.15, 0.2) is 6.07 Å². The van der Waals surface area contributed by atoms with E-state index in [0.717, 1.165) is 6.07 Å². The maximum absolute atomic E-state index is 12.5. The first-order chi connectivity index (χ1) is 8.65.